The predicted molar refractivity (Wildman–Crippen MR) is 78.4 cm³/mol. The molecule has 0 spiro atoms. The van der Waals surface area contributed by atoms with Crippen LogP contribution in [0.5, 0.6) is 0 Å². The lowest BCUT2D eigenvalue weighted by Gasteiger charge is -2.13. The van der Waals surface area contributed by atoms with Gasteiger partial charge in [0.25, 0.3) is 5.91 Å². The third kappa shape index (κ3) is 3.32. The number of carbonyl (C=O) groups is 1. The van der Waals surface area contributed by atoms with E-state index in [-0.39, 0.29) is 17.7 Å². The van der Waals surface area contributed by atoms with E-state index in [2.05, 4.69) is 15.5 Å². The molecule has 0 atom stereocenters. The van der Waals surface area contributed by atoms with Gasteiger partial charge in [0.2, 0.25) is 11.6 Å². The molecule has 0 bridgehead atoms. The van der Waals surface area contributed by atoms with E-state index < -0.39 is 5.91 Å². The Hall–Kier alpha value is -2.25. The molecule has 0 saturated heterocycles. The first kappa shape index (κ1) is 14.7. The summed E-state index contributed by atoms with van der Waals surface area (Å²) in [6.07, 6.45) is 1.23. The molecule has 0 radical (unpaired) electrons. The normalized spacial score (nSPS) is 13.8. The second-order valence-electron chi connectivity index (χ2n) is 4.23. The molecule has 1 aromatic heterocycles. The minimum absolute atomic E-state index is 0.0387. The van der Waals surface area contributed by atoms with E-state index in [0.29, 0.717) is 28.8 Å². The van der Waals surface area contributed by atoms with Gasteiger partial charge in [-0.15, -0.1) is 5.10 Å². The van der Waals surface area contributed by atoms with Crippen molar-refractivity contribution in [2.24, 2.45) is 0 Å². The highest BCUT2D eigenvalue weighted by atomic mass is 35.5. The maximum atomic E-state index is 11.9. The lowest BCUT2D eigenvalue weighted by atomic mass is 10.2. The molecule has 0 saturated carbocycles. The van der Waals surface area contributed by atoms with Crippen LogP contribution < -0.4 is 5.32 Å². The van der Waals surface area contributed by atoms with Crippen LogP contribution in [0.3, 0.4) is 0 Å². The van der Waals surface area contributed by atoms with E-state index >= 15 is 0 Å². The quantitative estimate of drug-likeness (QED) is 0.923. The highest BCUT2D eigenvalue weighted by Crippen LogP contribution is 2.27. The number of amides is 1. The van der Waals surface area contributed by atoms with Gasteiger partial charge in [-0.05, 0) is 18.2 Å². The van der Waals surface area contributed by atoms with Crippen LogP contribution in [0.4, 0.5) is 6.01 Å². The van der Waals surface area contributed by atoms with Crippen molar-refractivity contribution in [3.63, 3.8) is 0 Å². The maximum Gasteiger partial charge on any atom is 0.322 e. The van der Waals surface area contributed by atoms with Gasteiger partial charge in [0.15, 0.2) is 0 Å². The average Bonchev–Trinajstić information content (AvgIpc) is 2.96. The Balaban J connectivity index is 1.76. The van der Waals surface area contributed by atoms with Gasteiger partial charge in [-0.2, -0.15) is 0 Å². The lowest BCUT2D eigenvalue weighted by molar-refractivity contribution is -0.117. The Morgan fingerprint density at radius 1 is 1.14 bits per heavy atom. The van der Waals surface area contributed by atoms with Crippen LogP contribution in [-0.4, -0.2) is 29.3 Å². The van der Waals surface area contributed by atoms with Gasteiger partial charge < -0.3 is 13.9 Å². The van der Waals surface area contributed by atoms with Crippen LogP contribution in [0.15, 0.2) is 34.6 Å². The monoisotopic (exact) mass is 341 g/mol. The Morgan fingerprint density at radius 3 is 2.59 bits per heavy atom. The van der Waals surface area contributed by atoms with Crippen LogP contribution in [0, 0.1) is 0 Å². The zero-order chi connectivity index (χ0) is 15.5. The molecule has 22 heavy (non-hydrogen) atoms. The second kappa shape index (κ2) is 6.25. The number of aromatic nitrogens is 2. The fourth-order valence-corrected chi connectivity index (χ4v) is 2.24. The van der Waals surface area contributed by atoms with Gasteiger partial charge >= 0.3 is 6.01 Å². The Bertz CT molecular complexity index is 724. The van der Waals surface area contributed by atoms with E-state index in [4.69, 9.17) is 37.1 Å². The molecular weight excluding hydrogens is 333 g/mol. The molecule has 3 rings (SSSR count). The van der Waals surface area contributed by atoms with Crippen molar-refractivity contribution >= 4 is 35.1 Å². The second-order valence-corrected chi connectivity index (χ2v) is 5.10. The highest BCUT2D eigenvalue weighted by molar-refractivity contribution is 6.35. The zero-order valence-electron chi connectivity index (χ0n) is 11.0. The number of hydrogen-bond acceptors (Lipinski definition) is 6. The van der Waals surface area contributed by atoms with E-state index in [0.717, 1.165) is 0 Å². The van der Waals surface area contributed by atoms with Gasteiger partial charge in [0.05, 0.1) is 0 Å². The van der Waals surface area contributed by atoms with Crippen LogP contribution >= 0.6 is 23.2 Å². The number of halogens is 2. The van der Waals surface area contributed by atoms with E-state index in [1.807, 2.05) is 0 Å². The van der Waals surface area contributed by atoms with Gasteiger partial charge in [0, 0.05) is 15.6 Å². The largest absolute Gasteiger partial charge is 0.494 e. The first-order valence-corrected chi connectivity index (χ1v) is 6.93. The molecule has 0 fully saturated rings. The van der Waals surface area contributed by atoms with Gasteiger partial charge in [-0.1, -0.05) is 28.3 Å². The van der Waals surface area contributed by atoms with E-state index in [1.165, 1.54) is 6.26 Å². The number of anilines is 1. The Kier molecular flexibility index (Phi) is 4.17. The minimum Gasteiger partial charge on any atom is -0.494 e. The Labute approximate surface area is 134 Å². The molecular formula is C13H9Cl2N3O4. The van der Waals surface area contributed by atoms with Crippen molar-refractivity contribution in [3.8, 4) is 11.5 Å². The zero-order valence-corrected chi connectivity index (χ0v) is 12.5. The summed E-state index contributed by atoms with van der Waals surface area (Å²) in [6.45, 7) is 0.701. The lowest BCUT2D eigenvalue weighted by Crippen LogP contribution is -2.21. The number of rotatable bonds is 3. The third-order valence-corrected chi connectivity index (χ3v) is 3.06. The number of nitrogens with zero attached hydrogens (tertiary/aromatic N) is 2. The fraction of sp³-hybridized carbons (Fsp3) is 0.154. The van der Waals surface area contributed by atoms with Gasteiger partial charge in [-0.25, -0.2) is 0 Å². The molecule has 2 aromatic rings. The predicted octanol–water partition coefficient (Wildman–Crippen LogP) is 2.87. The van der Waals surface area contributed by atoms with Gasteiger partial charge in [-0.3, -0.25) is 10.1 Å². The summed E-state index contributed by atoms with van der Waals surface area (Å²) in [5.74, 6) is -0.328. The molecule has 7 nitrogen and oxygen atoms in total. The van der Waals surface area contributed by atoms with Crippen LogP contribution in [-0.2, 0) is 14.3 Å². The number of ether oxygens (including phenoxy) is 2. The highest BCUT2D eigenvalue weighted by Gasteiger charge is 2.18. The number of hydrogen-bond donors (Lipinski definition) is 1. The molecule has 2 heterocycles. The van der Waals surface area contributed by atoms with E-state index in [1.54, 1.807) is 18.2 Å². The summed E-state index contributed by atoms with van der Waals surface area (Å²) in [5.41, 5.74) is 0.543. The fourth-order valence-electron chi connectivity index (χ4n) is 1.71. The first-order valence-electron chi connectivity index (χ1n) is 6.18. The number of benzene rings is 1. The standard InChI is InChI=1S/C13H9Cl2N3O4/c14-8-3-7(4-9(15)5-8)12-17-18-13(22-12)16-11(19)10-6-20-1-2-21-10/h3-6H,1-2H2,(H,16,18,19). The molecule has 0 unspecified atom stereocenters. The Morgan fingerprint density at radius 2 is 1.91 bits per heavy atom. The smallest absolute Gasteiger partial charge is 0.322 e. The van der Waals surface area contributed by atoms with Crippen molar-refractivity contribution in [1.82, 2.24) is 10.2 Å². The molecule has 1 N–H and O–H groups in total. The van der Waals surface area contributed by atoms with Crippen molar-refractivity contribution in [3.05, 3.63) is 40.3 Å². The molecule has 1 amide bonds. The molecule has 9 heteroatoms. The molecule has 114 valence electrons. The van der Waals surface area contributed by atoms with E-state index in [9.17, 15) is 4.79 Å². The number of carbonyl (C=O) groups excluding carboxylic acids is 1. The summed E-state index contributed by atoms with van der Waals surface area (Å²) < 4.78 is 15.5. The maximum absolute atomic E-state index is 11.9. The summed E-state index contributed by atoms with van der Waals surface area (Å²) in [7, 11) is 0. The first-order chi connectivity index (χ1) is 10.6. The summed E-state index contributed by atoms with van der Waals surface area (Å²) >= 11 is 11.8. The molecule has 1 aromatic carbocycles. The van der Waals surface area contributed by atoms with Crippen molar-refractivity contribution < 1.29 is 18.7 Å². The average molecular weight is 342 g/mol. The van der Waals surface area contributed by atoms with Crippen LogP contribution in [0.25, 0.3) is 11.5 Å². The molecule has 0 aliphatic carbocycles. The third-order valence-electron chi connectivity index (χ3n) is 2.63. The van der Waals surface area contributed by atoms with Crippen molar-refractivity contribution in [1.29, 1.82) is 0 Å². The SMILES string of the molecule is O=C(Nc1nnc(-c2cc(Cl)cc(Cl)c2)o1)C1=COCCO1. The number of nitrogens with one attached hydrogen (secondary N) is 1. The van der Waals surface area contributed by atoms with Crippen LogP contribution in [0.2, 0.25) is 10.0 Å². The van der Waals surface area contributed by atoms with Gasteiger partial charge in [0.1, 0.15) is 19.5 Å². The summed E-state index contributed by atoms with van der Waals surface area (Å²) in [5, 5.41) is 10.8. The molecule has 1 aliphatic heterocycles. The van der Waals surface area contributed by atoms with Crippen molar-refractivity contribution in [2.75, 3.05) is 18.5 Å². The minimum atomic E-state index is -0.543. The summed E-state index contributed by atoms with van der Waals surface area (Å²) in [6, 6.07) is 4.74. The summed E-state index contributed by atoms with van der Waals surface area (Å²) in [4.78, 5) is 11.9. The van der Waals surface area contributed by atoms with Crippen LogP contribution in [0.1, 0.15) is 0 Å². The topological polar surface area (TPSA) is 86.5 Å². The molecule has 1 aliphatic rings. The van der Waals surface area contributed by atoms with Crippen molar-refractivity contribution in [2.45, 2.75) is 0 Å².